The Bertz CT molecular complexity index is 1320. The molecule has 1 N–H and O–H groups in total. The largest absolute Gasteiger partial charge is 0.508 e. The van der Waals surface area contributed by atoms with Gasteiger partial charge in [-0.05, 0) is 79.9 Å². The molecule has 1 fully saturated rings. The molecule has 180 valence electrons. The van der Waals surface area contributed by atoms with E-state index in [0.717, 1.165) is 43.0 Å². The molecular formula is C30H32N2O2S. The molecular weight excluding hydrogens is 452 g/mol. The molecule has 4 aromatic rings. The standard InChI is InChI=1S/C30H32N2O2S/c33-23-10-13-28-27(20-23)25-14-19-35-29-7-3-2-6-26(29)30(25)32(28)21-22-8-11-24(12-9-22)34-18-17-31-15-4-1-5-16-31/h2-3,6-13,20,33H,1,4-5,14-19,21H2. The molecule has 0 atom stereocenters. The molecule has 0 aliphatic carbocycles. The fourth-order valence-corrected chi connectivity index (χ4v) is 6.56. The van der Waals surface area contributed by atoms with Gasteiger partial charge in [-0.3, -0.25) is 4.90 Å². The second-order valence-electron chi connectivity index (χ2n) is 9.60. The van der Waals surface area contributed by atoms with Gasteiger partial charge >= 0.3 is 0 Å². The van der Waals surface area contributed by atoms with E-state index in [0.29, 0.717) is 5.75 Å². The molecule has 4 nitrogen and oxygen atoms in total. The predicted molar refractivity (Wildman–Crippen MR) is 145 cm³/mol. The van der Waals surface area contributed by atoms with Gasteiger partial charge in [-0.1, -0.05) is 36.8 Å². The lowest BCUT2D eigenvalue weighted by Crippen LogP contribution is -2.33. The topological polar surface area (TPSA) is 37.6 Å². The zero-order valence-electron chi connectivity index (χ0n) is 20.1. The summed E-state index contributed by atoms with van der Waals surface area (Å²) in [5, 5.41) is 11.4. The van der Waals surface area contributed by atoms with Crippen LogP contribution in [0.3, 0.4) is 0 Å². The lowest BCUT2D eigenvalue weighted by molar-refractivity contribution is 0.183. The highest BCUT2D eigenvalue weighted by Crippen LogP contribution is 2.43. The molecule has 35 heavy (non-hydrogen) atoms. The monoisotopic (exact) mass is 484 g/mol. The number of rotatable bonds is 6. The van der Waals surface area contributed by atoms with Crippen molar-refractivity contribution in [2.24, 2.45) is 0 Å². The van der Waals surface area contributed by atoms with Gasteiger partial charge < -0.3 is 14.4 Å². The summed E-state index contributed by atoms with van der Waals surface area (Å²) in [7, 11) is 0. The minimum atomic E-state index is 0.327. The van der Waals surface area contributed by atoms with E-state index in [1.165, 1.54) is 65.1 Å². The predicted octanol–water partition coefficient (Wildman–Crippen LogP) is 6.58. The van der Waals surface area contributed by atoms with Gasteiger partial charge in [-0.2, -0.15) is 0 Å². The number of ether oxygens (including phenoxy) is 1. The number of aromatic hydroxyl groups is 1. The number of hydrogen-bond acceptors (Lipinski definition) is 4. The molecule has 2 aliphatic rings. The molecule has 1 aromatic heterocycles. The quantitative estimate of drug-likeness (QED) is 0.336. The Balaban J connectivity index is 1.28. The first kappa shape index (κ1) is 22.6. The Morgan fingerprint density at radius 1 is 0.914 bits per heavy atom. The van der Waals surface area contributed by atoms with Crippen molar-refractivity contribution in [1.82, 2.24) is 9.47 Å². The zero-order chi connectivity index (χ0) is 23.6. The van der Waals surface area contributed by atoms with Crippen LogP contribution in [0, 0.1) is 0 Å². The first-order valence-electron chi connectivity index (χ1n) is 12.8. The summed E-state index contributed by atoms with van der Waals surface area (Å²) in [6.07, 6.45) is 4.99. The van der Waals surface area contributed by atoms with Gasteiger partial charge in [0.1, 0.15) is 18.1 Å². The molecule has 5 heteroatoms. The van der Waals surface area contributed by atoms with E-state index in [-0.39, 0.29) is 0 Å². The molecule has 0 amide bonds. The lowest BCUT2D eigenvalue weighted by atomic mass is 10.0. The van der Waals surface area contributed by atoms with Crippen molar-refractivity contribution in [3.63, 3.8) is 0 Å². The number of likely N-dealkylation sites (tertiary alicyclic amines) is 1. The van der Waals surface area contributed by atoms with Crippen molar-refractivity contribution in [3.05, 3.63) is 77.9 Å². The summed E-state index contributed by atoms with van der Waals surface area (Å²) in [5.74, 6) is 2.31. The summed E-state index contributed by atoms with van der Waals surface area (Å²) in [4.78, 5) is 3.84. The maximum absolute atomic E-state index is 10.2. The normalized spacial score (nSPS) is 16.0. The van der Waals surface area contributed by atoms with Gasteiger partial charge in [0.05, 0.1) is 5.69 Å². The van der Waals surface area contributed by atoms with Gasteiger partial charge in [-0.15, -0.1) is 11.8 Å². The van der Waals surface area contributed by atoms with Crippen LogP contribution in [0.1, 0.15) is 30.4 Å². The Morgan fingerprint density at radius 3 is 2.60 bits per heavy atom. The van der Waals surface area contributed by atoms with Crippen molar-refractivity contribution in [1.29, 1.82) is 0 Å². The third kappa shape index (κ3) is 4.67. The van der Waals surface area contributed by atoms with E-state index in [4.69, 9.17) is 4.74 Å². The van der Waals surface area contributed by atoms with Gasteiger partial charge in [0.2, 0.25) is 0 Å². The Labute approximate surface area is 211 Å². The first-order chi connectivity index (χ1) is 17.3. The number of aryl methyl sites for hydroxylation is 1. The van der Waals surface area contributed by atoms with Crippen LogP contribution < -0.4 is 4.74 Å². The second-order valence-corrected chi connectivity index (χ2v) is 10.7. The van der Waals surface area contributed by atoms with Crippen molar-refractivity contribution >= 4 is 22.7 Å². The number of nitrogens with zero attached hydrogens (tertiary/aromatic N) is 2. The minimum Gasteiger partial charge on any atom is -0.508 e. The van der Waals surface area contributed by atoms with Crippen molar-refractivity contribution in [3.8, 4) is 22.8 Å². The highest BCUT2D eigenvalue weighted by molar-refractivity contribution is 7.99. The Hall–Kier alpha value is -2.89. The summed E-state index contributed by atoms with van der Waals surface area (Å²) in [6.45, 7) is 4.94. The summed E-state index contributed by atoms with van der Waals surface area (Å²) < 4.78 is 8.49. The smallest absolute Gasteiger partial charge is 0.119 e. The average molecular weight is 485 g/mol. The minimum absolute atomic E-state index is 0.327. The van der Waals surface area contributed by atoms with Crippen LogP contribution in [0.25, 0.3) is 22.2 Å². The molecule has 0 bridgehead atoms. The Morgan fingerprint density at radius 2 is 1.74 bits per heavy atom. The maximum Gasteiger partial charge on any atom is 0.119 e. The fourth-order valence-electron chi connectivity index (χ4n) is 5.54. The first-order valence-corrected chi connectivity index (χ1v) is 13.8. The van der Waals surface area contributed by atoms with E-state index in [2.05, 4.69) is 64.1 Å². The van der Waals surface area contributed by atoms with Crippen LogP contribution in [0.5, 0.6) is 11.5 Å². The van der Waals surface area contributed by atoms with Gasteiger partial charge in [0.15, 0.2) is 0 Å². The van der Waals surface area contributed by atoms with Crippen molar-refractivity contribution in [2.45, 2.75) is 37.1 Å². The molecule has 1 saturated heterocycles. The summed E-state index contributed by atoms with van der Waals surface area (Å²) in [6, 6.07) is 23.1. The number of thioether (sulfide) groups is 1. The molecule has 0 unspecified atom stereocenters. The maximum atomic E-state index is 10.2. The second kappa shape index (κ2) is 10.00. The molecule has 3 heterocycles. The van der Waals surface area contributed by atoms with Gasteiger partial charge in [0.25, 0.3) is 0 Å². The zero-order valence-corrected chi connectivity index (χ0v) is 20.9. The molecule has 3 aromatic carbocycles. The van der Waals surface area contributed by atoms with Crippen LogP contribution in [0.15, 0.2) is 71.6 Å². The average Bonchev–Trinajstić information content (AvgIpc) is 3.05. The third-order valence-corrected chi connectivity index (χ3v) is 8.37. The molecule has 0 spiro atoms. The van der Waals surface area contributed by atoms with E-state index >= 15 is 0 Å². The van der Waals surface area contributed by atoms with Crippen LogP contribution in [-0.4, -0.2) is 46.6 Å². The van der Waals surface area contributed by atoms with Crippen LogP contribution in [-0.2, 0) is 13.0 Å². The van der Waals surface area contributed by atoms with Gasteiger partial charge in [0, 0.05) is 40.2 Å². The number of phenolic OH excluding ortho intramolecular Hbond substituents is 1. The number of aromatic nitrogens is 1. The third-order valence-electron chi connectivity index (χ3n) is 7.29. The van der Waals surface area contributed by atoms with Crippen LogP contribution in [0.4, 0.5) is 0 Å². The van der Waals surface area contributed by atoms with Crippen molar-refractivity contribution in [2.75, 3.05) is 32.0 Å². The van der Waals surface area contributed by atoms with E-state index in [9.17, 15) is 5.11 Å². The number of piperidine rings is 1. The lowest BCUT2D eigenvalue weighted by Gasteiger charge is -2.26. The highest BCUT2D eigenvalue weighted by Gasteiger charge is 2.23. The van der Waals surface area contributed by atoms with E-state index in [1.807, 2.05) is 17.8 Å². The Kier molecular flexibility index (Phi) is 6.45. The summed E-state index contributed by atoms with van der Waals surface area (Å²) in [5.41, 5.74) is 6.34. The number of fused-ring (bicyclic) bond motifs is 5. The number of hydrogen-bond donors (Lipinski definition) is 1. The SMILES string of the molecule is Oc1ccc2c(c1)c1c(n2Cc2ccc(OCCN3CCCCC3)cc2)-c2ccccc2SCC1. The van der Waals surface area contributed by atoms with E-state index < -0.39 is 0 Å². The molecule has 6 rings (SSSR count). The summed E-state index contributed by atoms with van der Waals surface area (Å²) >= 11 is 1.92. The van der Waals surface area contributed by atoms with Gasteiger partial charge in [-0.25, -0.2) is 0 Å². The number of phenols is 1. The highest BCUT2D eigenvalue weighted by atomic mass is 32.2. The molecule has 2 aliphatic heterocycles. The molecule has 0 radical (unpaired) electrons. The van der Waals surface area contributed by atoms with Crippen molar-refractivity contribution < 1.29 is 9.84 Å². The van der Waals surface area contributed by atoms with Crippen LogP contribution in [0.2, 0.25) is 0 Å². The van der Waals surface area contributed by atoms with E-state index in [1.54, 1.807) is 6.07 Å². The fraction of sp³-hybridized carbons (Fsp3) is 0.333. The van der Waals surface area contributed by atoms with Crippen LogP contribution >= 0.6 is 11.8 Å². The number of benzene rings is 3. The molecule has 0 saturated carbocycles.